The van der Waals surface area contributed by atoms with Gasteiger partial charge in [0.05, 0.1) is 29.1 Å². The van der Waals surface area contributed by atoms with Crippen molar-refractivity contribution in [3.63, 3.8) is 0 Å². The minimum atomic E-state index is -0.597. The molecule has 2 aliphatic heterocycles. The molecule has 0 unspecified atom stereocenters. The van der Waals surface area contributed by atoms with Crippen molar-refractivity contribution in [3.05, 3.63) is 78.4 Å². The molecule has 2 saturated heterocycles. The van der Waals surface area contributed by atoms with E-state index in [2.05, 4.69) is 0 Å². The first-order valence-electron chi connectivity index (χ1n) is 13.0. The van der Waals surface area contributed by atoms with Crippen LogP contribution in [0.2, 0.25) is 0 Å². The van der Waals surface area contributed by atoms with Crippen LogP contribution < -0.4 is 14.5 Å². The van der Waals surface area contributed by atoms with Crippen LogP contribution in [0, 0.1) is 30.6 Å². The molecule has 0 spiro atoms. The maximum absolute atomic E-state index is 13.2. The molecule has 7 nitrogen and oxygen atoms in total. The Balaban J connectivity index is 1.17. The van der Waals surface area contributed by atoms with Crippen LogP contribution in [0.3, 0.4) is 0 Å². The summed E-state index contributed by atoms with van der Waals surface area (Å²) in [5.41, 5.74) is 1.96. The minimum Gasteiger partial charge on any atom is -0.426 e. The van der Waals surface area contributed by atoms with Crippen molar-refractivity contribution in [3.8, 4) is 5.75 Å². The number of fused-ring (bicyclic) bond motifs is 2. The summed E-state index contributed by atoms with van der Waals surface area (Å²) in [6.07, 6.45) is 4.62. The lowest BCUT2D eigenvalue weighted by Gasteiger charge is -2.22. The third kappa shape index (κ3) is 3.90. The quantitative estimate of drug-likeness (QED) is 0.219. The summed E-state index contributed by atoms with van der Waals surface area (Å²) in [5, 5.41) is 1.99. The molecule has 2 fully saturated rings. The normalized spacial score (nSPS) is 24.8. The number of imide groups is 1. The minimum absolute atomic E-state index is 0.0123. The molecular weight excluding hydrogens is 480 g/mol. The van der Waals surface area contributed by atoms with Gasteiger partial charge in [-0.2, -0.15) is 0 Å². The molecule has 0 saturated carbocycles. The van der Waals surface area contributed by atoms with E-state index < -0.39 is 11.9 Å². The van der Waals surface area contributed by atoms with E-state index in [1.54, 1.807) is 30.0 Å². The van der Waals surface area contributed by atoms with Gasteiger partial charge in [0, 0.05) is 18.4 Å². The SMILES string of the molecule is Cc1cc(OC(=O)[C@@H]2CC(=O)N(c3cccc4ccccc34)C2)ccc1N1C(=O)[C@@H]2[C@H](C)C=CC[C@H]2C1=O. The smallest absolute Gasteiger partial charge is 0.316 e. The highest BCUT2D eigenvalue weighted by Crippen LogP contribution is 2.42. The number of rotatable bonds is 4. The number of benzene rings is 3. The maximum Gasteiger partial charge on any atom is 0.316 e. The van der Waals surface area contributed by atoms with Crippen molar-refractivity contribution in [2.24, 2.45) is 23.7 Å². The van der Waals surface area contributed by atoms with E-state index >= 15 is 0 Å². The van der Waals surface area contributed by atoms with Crippen LogP contribution in [0.1, 0.15) is 25.3 Å². The predicted molar refractivity (Wildman–Crippen MR) is 144 cm³/mol. The average molecular weight is 509 g/mol. The zero-order valence-electron chi connectivity index (χ0n) is 21.3. The van der Waals surface area contributed by atoms with Gasteiger partial charge in [0.25, 0.3) is 0 Å². The van der Waals surface area contributed by atoms with Crippen LogP contribution in [0.5, 0.6) is 5.75 Å². The Hall–Kier alpha value is -4.26. The van der Waals surface area contributed by atoms with E-state index in [-0.39, 0.29) is 48.4 Å². The fraction of sp³-hybridized carbons (Fsp3) is 0.290. The van der Waals surface area contributed by atoms with Crippen LogP contribution in [0.15, 0.2) is 72.8 Å². The van der Waals surface area contributed by atoms with Gasteiger partial charge in [-0.15, -0.1) is 0 Å². The van der Waals surface area contributed by atoms with Gasteiger partial charge in [0.2, 0.25) is 17.7 Å². The highest BCUT2D eigenvalue weighted by atomic mass is 16.5. The molecular formula is C31H28N2O5. The predicted octanol–water partition coefficient (Wildman–Crippen LogP) is 4.81. The first-order valence-corrected chi connectivity index (χ1v) is 13.0. The lowest BCUT2D eigenvalue weighted by atomic mass is 9.78. The molecule has 3 aromatic rings. The fourth-order valence-corrected chi connectivity index (χ4v) is 6.07. The first-order chi connectivity index (χ1) is 18.3. The summed E-state index contributed by atoms with van der Waals surface area (Å²) < 4.78 is 5.67. The average Bonchev–Trinajstić information content (AvgIpc) is 3.42. The van der Waals surface area contributed by atoms with Crippen LogP contribution in [0.4, 0.5) is 11.4 Å². The molecule has 0 N–H and O–H groups in total. The first kappa shape index (κ1) is 24.1. The number of ether oxygens (including phenoxy) is 1. The van der Waals surface area contributed by atoms with Crippen LogP contribution in [0.25, 0.3) is 10.8 Å². The lowest BCUT2D eigenvalue weighted by Crippen LogP contribution is -2.32. The van der Waals surface area contributed by atoms with E-state index in [1.807, 2.05) is 61.5 Å². The number of anilines is 2. The molecule has 3 aromatic carbocycles. The van der Waals surface area contributed by atoms with Crippen LogP contribution >= 0.6 is 0 Å². The molecule has 2 heterocycles. The van der Waals surface area contributed by atoms with Crippen LogP contribution in [-0.4, -0.2) is 30.2 Å². The summed E-state index contributed by atoms with van der Waals surface area (Å²) in [5.74, 6) is -1.89. The molecule has 192 valence electrons. The summed E-state index contributed by atoms with van der Waals surface area (Å²) in [4.78, 5) is 55.1. The number of carbonyl (C=O) groups is 4. The largest absolute Gasteiger partial charge is 0.426 e. The van der Waals surface area contributed by atoms with Gasteiger partial charge in [-0.05, 0) is 54.5 Å². The second-order valence-corrected chi connectivity index (χ2v) is 10.4. The van der Waals surface area contributed by atoms with Crippen molar-refractivity contribution in [1.29, 1.82) is 0 Å². The molecule has 3 aliphatic rings. The van der Waals surface area contributed by atoms with Gasteiger partial charge in [-0.25, -0.2) is 4.90 Å². The second-order valence-electron chi connectivity index (χ2n) is 10.4. The molecule has 0 aromatic heterocycles. The topological polar surface area (TPSA) is 84.0 Å². The van der Waals surface area contributed by atoms with Gasteiger partial charge in [0.15, 0.2) is 0 Å². The Bertz CT molecular complexity index is 1520. The molecule has 3 amide bonds. The monoisotopic (exact) mass is 508 g/mol. The standard InChI is InChI=1S/C31H28N2O5/c1-18-7-5-11-24-28(18)30(36)33(29(24)35)25-14-13-22(15-19(25)2)38-31(37)21-16-27(34)32(17-21)26-12-6-9-20-8-3-4-10-23(20)26/h3-10,12-15,18,21,24,28H,11,16-17H2,1-2H3/t18-,21-,24-,28-/m1/s1. The number of esters is 1. The van der Waals surface area contributed by atoms with E-state index in [0.29, 0.717) is 23.4 Å². The molecule has 6 rings (SSSR count). The highest BCUT2D eigenvalue weighted by Gasteiger charge is 2.50. The van der Waals surface area contributed by atoms with Gasteiger partial charge in [-0.1, -0.05) is 55.5 Å². The number of carbonyl (C=O) groups excluding carboxylic acids is 4. The van der Waals surface area contributed by atoms with Gasteiger partial charge < -0.3 is 9.64 Å². The third-order valence-corrected chi connectivity index (χ3v) is 8.02. The van der Waals surface area contributed by atoms with Crippen molar-refractivity contribution >= 4 is 45.8 Å². The Kier molecular flexibility index (Phi) is 5.86. The molecule has 7 heteroatoms. The third-order valence-electron chi connectivity index (χ3n) is 8.02. The number of amides is 3. The summed E-state index contributed by atoms with van der Waals surface area (Å²) in [6, 6.07) is 18.6. The van der Waals surface area contributed by atoms with Gasteiger partial charge in [-0.3, -0.25) is 19.2 Å². The number of nitrogens with zero attached hydrogens (tertiary/aromatic N) is 2. The number of hydrogen-bond acceptors (Lipinski definition) is 5. The fourth-order valence-electron chi connectivity index (χ4n) is 6.07. The summed E-state index contributed by atoms with van der Waals surface area (Å²) in [6.45, 7) is 4.00. The Labute approximate surface area is 220 Å². The Morgan fingerprint density at radius 1 is 0.947 bits per heavy atom. The zero-order valence-corrected chi connectivity index (χ0v) is 21.3. The molecule has 4 atom stereocenters. The highest BCUT2D eigenvalue weighted by molar-refractivity contribution is 6.22. The maximum atomic E-state index is 13.2. The number of aryl methyl sites for hydroxylation is 1. The zero-order chi connectivity index (χ0) is 26.6. The van der Waals surface area contributed by atoms with Crippen molar-refractivity contribution in [2.75, 3.05) is 16.3 Å². The van der Waals surface area contributed by atoms with E-state index in [9.17, 15) is 19.2 Å². The van der Waals surface area contributed by atoms with Crippen molar-refractivity contribution < 1.29 is 23.9 Å². The number of allylic oxidation sites excluding steroid dienone is 2. The molecule has 0 bridgehead atoms. The van der Waals surface area contributed by atoms with Crippen molar-refractivity contribution in [1.82, 2.24) is 0 Å². The molecule has 1 aliphatic carbocycles. The van der Waals surface area contributed by atoms with E-state index in [0.717, 1.165) is 16.5 Å². The van der Waals surface area contributed by atoms with E-state index in [4.69, 9.17) is 4.74 Å². The Morgan fingerprint density at radius 3 is 2.53 bits per heavy atom. The molecule has 38 heavy (non-hydrogen) atoms. The summed E-state index contributed by atoms with van der Waals surface area (Å²) >= 11 is 0. The summed E-state index contributed by atoms with van der Waals surface area (Å²) in [7, 11) is 0. The molecule has 0 radical (unpaired) electrons. The lowest BCUT2D eigenvalue weighted by molar-refractivity contribution is -0.139. The van der Waals surface area contributed by atoms with Gasteiger partial charge >= 0.3 is 5.97 Å². The van der Waals surface area contributed by atoms with Crippen molar-refractivity contribution in [2.45, 2.75) is 26.7 Å². The second kappa shape index (κ2) is 9.24. The Morgan fingerprint density at radius 2 is 1.74 bits per heavy atom. The van der Waals surface area contributed by atoms with Crippen LogP contribution in [-0.2, 0) is 19.2 Å². The van der Waals surface area contributed by atoms with Gasteiger partial charge in [0.1, 0.15) is 5.75 Å². The van der Waals surface area contributed by atoms with E-state index in [1.165, 1.54) is 4.90 Å². The number of hydrogen-bond donors (Lipinski definition) is 0.